The average Bonchev–Trinajstić information content (AvgIpc) is 2.66. The van der Waals surface area contributed by atoms with E-state index in [1.807, 2.05) is 6.07 Å². The summed E-state index contributed by atoms with van der Waals surface area (Å²) in [5.41, 5.74) is 2.23. The fraction of sp³-hybridized carbons (Fsp3) is 0.500. The summed E-state index contributed by atoms with van der Waals surface area (Å²) in [4.78, 5) is 0. The molecule has 0 amide bonds. The third-order valence-electron chi connectivity index (χ3n) is 3.35. The van der Waals surface area contributed by atoms with Gasteiger partial charge in [-0.3, -0.25) is 0 Å². The number of nitrogens with one attached hydrogen (secondary N) is 1. The summed E-state index contributed by atoms with van der Waals surface area (Å²) in [7, 11) is 0. The van der Waals surface area contributed by atoms with Crippen molar-refractivity contribution in [3.63, 3.8) is 0 Å². The molecule has 86 valence electrons. The molecule has 3 rings (SSSR count). The first kappa shape index (κ1) is 10.2. The van der Waals surface area contributed by atoms with E-state index in [4.69, 9.17) is 4.74 Å². The van der Waals surface area contributed by atoms with Gasteiger partial charge in [-0.25, -0.2) is 8.78 Å². The molecule has 0 unspecified atom stereocenters. The number of morpholine rings is 1. The molecule has 1 saturated heterocycles. The van der Waals surface area contributed by atoms with Crippen molar-refractivity contribution in [2.24, 2.45) is 0 Å². The van der Waals surface area contributed by atoms with Crippen molar-refractivity contribution in [1.29, 1.82) is 0 Å². The highest BCUT2D eigenvalue weighted by Crippen LogP contribution is 2.36. The van der Waals surface area contributed by atoms with Gasteiger partial charge in [-0.15, -0.1) is 0 Å². The maximum Gasteiger partial charge on any atom is 0.263 e. The Bertz CT molecular complexity index is 408. The minimum Gasteiger partial charge on any atom is -0.375 e. The molecule has 2 nitrogen and oxygen atoms in total. The van der Waals surface area contributed by atoms with Crippen molar-refractivity contribution in [3.05, 3.63) is 34.9 Å². The molecule has 1 aromatic carbocycles. The molecule has 0 radical (unpaired) electrons. The maximum atomic E-state index is 12.6. The molecule has 0 spiro atoms. The first-order valence-electron chi connectivity index (χ1n) is 5.51. The highest BCUT2D eigenvalue weighted by molar-refractivity contribution is 5.40. The Labute approximate surface area is 92.6 Å². The van der Waals surface area contributed by atoms with E-state index in [2.05, 4.69) is 5.32 Å². The third kappa shape index (κ3) is 1.53. The summed E-state index contributed by atoms with van der Waals surface area (Å²) < 4.78 is 30.8. The van der Waals surface area contributed by atoms with Gasteiger partial charge in [-0.2, -0.15) is 0 Å². The van der Waals surface area contributed by atoms with Gasteiger partial charge in [0.05, 0.1) is 18.8 Å². The second-order valence-corrected chi connectivity index (χ2v) is 4.30. The van der Waals surface area contributed by atoms with Crippen LogP contribution in [0.3, 0.4) is 0 Å². The molecule has 1 aromatic rings. The lowest BCUT2D eigenvalue weighted by atomic mass is 10.0. The van der Waals surface area contributed by atoms with Gasteiger partial charge in [0.25, 0.3) is 6.43 Å². The van der Waals surface area contributed by atoms with Crippen molar-refractivity contribution in [3.8, 4) is 0 Å². The monoisotopic (exact) mass is 225 g/mol. The third-order valence-corrected chi connectivity index (χ3v) is 3.35. The predicted octanol–water partition coefficient (Wildman–Crippen LogP) is 2.21. The molecule has 0 aromatic heterocycles. The number of alkyl halides is 2. The van der Waals surface area contributed by atoms with E-state index in [1.165, 1.54) is 6.07 Å². The normalized spacial score (nSPS) is 27.9. The van der Waals surface area contributed by atoms with Gasteiger partial charge in [0, 0.05) is 18.5 Å². The highest BCUT2D eigenvalue weighted by Gasteiger charge is 2.35. The Balaban J connectivity index is 1.95. The molecule has 1 fully saturated rings. The Kier molecular flexibility index (Phi) is 2.41. The number of hydrogen-bond acceptors (Lipinski definition) is 2. The Morgan fingerprint density at radius 3 is 3.06 bits per heavy atom. The fourth-order valence-electron chi connectivity index (χ4n) is 2.60. The highest BCUT2D eigenvalue weighted by atomic mass is 19.3. The van der Waals surface area contributed by atoms with Crippen LogP contribution in [0.25, 0.3) is 0 Å². The van der Waals surface area contributed by atoms with Crippen molar-refractivity contribution in [2.45, 2.75) is 25.0 Å². The lowest BCUT2D eigenvalue weighted by molar-refractivity contribution is 0.00503. The zero-order chi connectivity index (χ0) is 11.1. The lowest BCUT2D eigenvalue weighted by Crippen LogP contribution is -2.39. The summed E-state index contributed by atoms with van der Waals surface area (Å²) in [6.07, 6.45) is -1.52. The molecule has 0 saturated carbocycles. The standard InChI is InChI=1S/C12H13F2NO/c13-12(14)7-1-2-9-8(5-7)6-10-11(9)15-3-4-16-10/h1-2,5,10-12,15H,3-4,6H2/t10-,11+/m1/s1. The van der Waals surface area contributed by atoms with Crippen LogP contribution >= 0.6 is 0 Å². The summed E-state index contributed by atoms with van der Waals surface area (Å²) in [6, 6.07) is 5.13. The topological polar surface area (TPSA) is 21.3 Å². The number of benzene rings is 1. The van der Waals surface area contributed by atoms with Crippen LogP contribution in [0, 0.1) is 0 Å². The van der Waals surface area contributed by atoms with Crippen LogP contribution in [-0.2, 0) is 11.2 Å². The molecule has 1 aliphatic heterocycles. The van der Waals surface area contributed by atoms with Gasteiger partial charge >= 0.3 is 0 Å². The van der Waals surface area contributed by atoms with Gasteiger partial charge in [0.1, 0.15) is 0 Å². The molecule has 1 aliphatic carbocycles. The van der Waals surface area contributed by atoms with E-state index in [0.29, 0.717) is 6.61 Å². The molecule has 1 N–H and O–H groups in total. The maximum absolute atomic E-state index is 12.6. The zero-order valence-corrected chi connectivity index (χ0v) is 8.75. The van der Waals surface area contributed by atoms with Crippen LogP contribution in [0.2, 0.25) is 0 Å². The van der Waals surface area contributed by atoms with Gasteiger partial charge in [-0.05, 0) is 17.2 Å². The largest absolute Gasteiger partial charge is 0.375 e. The number of rotatable bonds is 1. The van der Waals surface area contributed by atoms with E-state index in [9.17, 15) is 8.78 Å². The average molecular weight is 225 g/mol. The van der Waals surface area contributed by atoms with Crippen molar-refractivity contribution in [1.82, 2.24) is 5.32 Å². The van der Waals surface area contributed by atoms with Gasteiger partial charge in [-0.1, -0.05) is 12.1 Å². The summed E-state index contributed by atoms with van der Waals surface area (Å²) in [5.74, 6) is 0. The van der Waals surface area contributed by atoms with Crippen LogP contribution in [0.15, 0.2) is 18.2 Å². The van der Waals surface area contributed by atoms with E-state index >= 15 is 0 Å². The number of fused-ring (bicyclic) bond motifs is 3. The Hall–Kier alpha value is -1.00. The van der Waals surface area contributed by atoms with Crippen LogP contribution in [-0.4, -0.2) is 19.3 Å². The smallest absolute Gasteiger partial charge is 0.263 e. The molecular weight excluding hydrogens is 212 g/mol. The Morgan fingerprint density at radius 1 is 1.38 bits per heavy atom. The van der Waals surface area contributed by atoms with Crippen LogP contribution in [0.5, 0.6) is 0 Å². The van der Waals surface area contributed by atoms with Crippen molar-refractivity contribution in [2.75, 3.05) is 13.2 Å². The fourth-order valence-corrected chi connectivity index (χ4v) is 2.60. The van der Waals surface area contributed by atoms with E-state index in [-0.39, 0.29) is 17.7 Å². The minimum absolute atomic E-state index is 0.109. The molecule has 16 heavy (non-hydrogen) atoms. The second kappa shape index (κ2) is 3.79. The number of halogens is 2. The minimum atomic E-state index is -2.39. The van der Waals surface area contributed by atoms with Crippen molar-refractivity contribution < 1.29 is 13.5 Å². The van der Waals surface area contributed by atoms with Crippen LogP contribution < -0.4 is 5.32 Å². The van der Waals surface area contributed by atoms with Gasteiger partial charge in [0.2, 0.25) is 0 Å². The lowest BCUT2D eigenvalue weighted by Gasteiger charge is -2.27. The molecular formula is C12H13F2NO. The summed E-state index contributed by atoms with van der Waals surface area (Å²) >= 11 is 0. The van der Waals surface area contributed by atoms with Crippen molar-refractivity contribution >= 4 is 0 Å². The van der Waals surface area contributed by atoms with Gasteiger partial charge in [0.15, 0.2) is 0 Å². The quantitative estimate of drug-likeness (QED) is 0.791. The van der Waals surface area contributed by atoms with E-state index in [1.54, 1.807) is 6.07 Å². The molecule has 2 aliphatic rings. The Morgan fingerprint density at radius 2 is 2.25 bits per heavy atom. The van der Waals surface area contributed by atoms with E-state index < -0.39 is 6.43 Å². The molecule has 1 heterocycles. The number of hydrogen-bond donors (Lipinski definition) is 1. The SMILES string of the molecule is FC(F)c1ccc2c(c1)C[C@H]1OCCN[C@@H]21. The summed E-state index contributed by atoms with van der Waals surface area (Å²) in [6.45, 7) is 1.54. The first-order chi connectivity index (χ1) is 7.75. The number of ether oxygens (including phenoxy) is 1. The molecule has 4 heteroatoms. The van der Waals surface area contributed by atoms with Crippen LogP contribution in [0.1, 0.15) is 29.2 Å². The molecule has 0 bridgehead atoms. The predicted molar refractivity (Wildman–Crippen MR) is 55.6 cm³/mol. The zero-order valence-electron chi connectivity index (χ0n) is 8.75. The van der Waals surface area contributed by atoms with E-state index in [0.717, 1.165) is 24.1 Å². The molecule has 2 atom stereocenters. The second-order valence-electron chi connectivity index (χ2n) is 4.30. The first-order valence-corrected chi connectivity index (χ1v) is 5.51. The van der Waals surface area contributed by atoms with Crippen LogP contribution in [0.4, 0.5) is 8.78 Å². The van der Waals surface area contributed by atoms with Gasteiger partial charge < -0.3 is 10.1 Å². The summed E-state index contributed by atoms with van der Waals surface area (Å²) in [5, 5.41) is 3.37.